The number of carbonyl (C=O) groups excluding carboxylic acids is 1. The predicted octanol–water partition coefficient (Wildman–Crippen LogP) is 3.78. The molecular formula is C21H22F2N6O. The molecule has 1 aliphatic heterocycles. The Bertz CT molecular complexity index is 1110. The molecule has 1 amide bonds. The Morgan fingerprint density at radius 1 is 1.20 bits per heavy atom. The zero-order chi connectivity index (χ0) is 21.6. The number of hydrogen-bond donors (Lipinski definition) is 1. The topological polar surface area (TPSA) is 78.0 Å². The van der Waals surface area contributed by atoms with Crippen molar-refractivity contribution in [3.8, 4) is 22.6 Å². The van der Waals surface area contributed by atoms with E-state index in [2.05, 4.69) is 15.2 Å². The van der Waals surface area contributed by atoms with Crippen molar-refractivity contribution in [3.05, 3.63) is 42.2 Å². The quantitative estimate of drug-likeness (QED) is 0.706. The molecular weight excluding hydrogens is 390 g/mol. The largest absolute Gasteiger partial charge is 0.340 e. The lowest BCUT2D eigenvalue weighted by Crippen LogP contribution is -2.54. The first-order valence-electron chi connectivity index (χ1n) is 9.75. The lowest BCUT2D eigenvalue weighted by Gasteiger charge is -2.42. The first-order valence-corrected chi connectivity index (χ1v) is 9.75. The van der Waals surface area contributed by atoms with E-state index in [0.717, 1.165) is 6.07 Å². The third kappa shape index (κ3) is 3.10. The molecule has 0 unspecified atom stereocenters. The Labute approximate surface area is 172 Å². The summed E-state index contributed by atoms with van der Waals surface area (Å²) in [5.41, 5.74) is 1.63. The van der Waals surface area contributed by atoms with Crippen LogP contribution in [0.15, 0.2) is 30.6 Å². The fourth-order valence-electron chi connectivity index (χ4n) is 3.86. The van der Waals surface area contributed by atoms with Gasteiger partial charge in [-0.25, -0.2) is 18.7 Å². The Balaban J connectivity index is 1.86. The van der Waals surface area contributed by atoms with Gasteiger partial charge in [-0.05, 0) is 32.4 Å². The van der Waals surface area contributed by atoms with Gasteiger partial charge in [-0.2, -0.15) is 5.10 Å². The molecule has 0 bridgehead atoms. The maximum atomic E-state index is 14.4. The third-order valence-electron chi connectivity index (χ3n) is 5.33. The summed E-state index contributed by atoms with van der Waals surface area (Å²) < 4.78 is 27.7. The van der Waals surface area contributed by atoms with Crippen LogP contribution < -0.4 is 9.80 Å². The van der Waals surface area contributed by atoms with Gasteiger partial charge in [-0.3, -0.25) is 9.89 Å². The molecule has 4 rings (SSSR count). The van der Waals surface area contributed by atoms with Gasteiger partial charge in [0, 0.05) is 24.7 Å². The molecule has 2 aromatic heterocycles. The van der Waals surface area contributed by atoms with Gasteiger partial charge in [-0.15, -0.1) is 0 Å². The van der Waals surface area contributed by atoms with Crippen molar-refractivity contribution < 1.29 is 13.6 Å². The first kappa shape index (κ1) is 19.9. The molecule has 1 N–H and O–H groups in total. The maximum absolute atomic E-state index is 14.4. The molecule has 156 valence electrons. The number of hydrogen-bond acceptors (Lipinski definition) is 5. The molecule has 1 aromatic carbocycles. The number of halogens is 2. The fraction of sp³-hybridized carbons (Fsp3) is 0.333. The van der Waals surface area contributed by atoms with Crippen LogP contribution in [0.1, 0.15) is 27.2 Å². The van der Waals surface area contributed by atoms with Crippen molar-refractivity contribution in [2.24, 2.45) is 0 Å². The molecule has 30 heavy (non-hydrogen) atoms. The van der Waals surface area contributed by atoms with Crippen molar-refractivity contribution in [1.29, 1.82) is 0 Å². The van der Waals surface area contributed by atoms with Crippen LogP contribution in [0.3, 0.4) is 0 Å². The molecule has 3 heterocycles. The number of rotatable bonds is 4. The Morgan fingerprint density at radius 2 is 1.97 bits per heavy atom. The Morgan fingerprint density at radius 3 is 2.63 bits per heavy atom. The zero-order valence-corrected chi connectivity index (χ0v) is 17.1. The van der Waals surface area contributed by atoms with Gasteiger partial charge in [-0.1, -0.05) is 6.92 Å². The van der Waals surface area contributed by atoms with E-state index in [0.29, 0.717) is 35.0 Å². The van der Waals surface area contributed by atoms with Crippen molar-refractivity contribution >= 4 is 17.4 Å². The second kappa shape index (κ2) is 7.47. The van der Waals surface area contributed by atoms with E-state index in [9.17, 15) is 13.6 Å². The predicted molar refractivity (Wildman–Crippen MR) is 110 cm³/mol. The second-order valence-corrected chi connectivity index (χ2v) is 7.51. The Hall–Kier alpha value is -3.36. The van der Waals surface area contributed by atoms with E-state index >= 15 is 0 Å². The summed E-state index contributed by atoms with van der Waals surface area (Å²) in [6.45, 7) is 5.97. The summed E-state index contributed by atoms with van der Waals surface area (Å²) in [7, 11) is 1.71. The number of benzene rings is 1. The van der Waals surface area contributed by atoms with Gasteiger partial charge in [0.15, 0.2) is 11.6 Å². The highest BCUT2D eigenvalue weighted by molar-refractivity contribution is 6.04. The number of aromatic amines is 1. The summed E-state index contributed by atoms with van der Waals surface area (Å²) in [4.78, 5) is 25.5. The van der Waals surface area contributed by atoms with Crippen LogP contribution in [0.2, 0.25) is 0 Å². The number of fused-ring (bicyclic) bond motifs is 1. The van der Waals surface area contributed by atoms with E-state index in [4.69, 9.17) is 4.98 Å². The number of carbonyl (C=O) groups is 1. The molecule has 9 heteroatoms. The minimum Gasteiger partial charge on any atom is -0.340 e. The fourth-order valence-corrected chi connectivity index (χ4v) is 3.86. The van der Waals surface area contributed by atoms with Gasteiger partial charge < -0.3 is 9.80 Å². The minimum absolute atomic E-state index is 0.00701. The maximum Gasteiger partial charge on any atom is 0.249 e. The van der Waals surface area contributed by atoms with Gasteiger partial charge in [0.05, 0.1) is 23.7 Å². The molecule has 0 fully saturated rings. The van der Waals surface area contributed by atoms with E-state index < -0.39 is 11.6 Å². The molecule has 0 saturated heterocycles. The molecule has 0 aliphatic carbocycles. The molecule has 0 saturated carbocycles. The zero-order valence-electron chi connectivity index (χ0n) is 17.1. The molecule has 7 nitrogen and oxygen atoms in total. The summed E-state index contributed by atoms with van der Waals surface area (Å²) in [5, 5.41) is 6.78. The van der Waals surface area contributed by atoms with E-state index in [1.807, 2.05) is 25.7 Å². The monoisotopic (exact) mass is 412 g/mol. The molecule has 0 spiro atoms. The average molecular weight is 412 g/mol. The van der Waals surface area contributed by atoms with Crippen LogP contribution in [0.25, 0.3) is 22.6 Å². The minimum atomic E-state index is -0.710. The van der Waals surface area contributed by atoms with E-state index in [-0.39, 0.29) is 23.6 Å². The number of likely N-dealkylation sites (N-methyl/N-ethyl adjacent to an activating group) is 1. The lowest BCUT2D eigenvalue weighted by atomic mass is 10.0. The van der Waals surface area contributed by atoms with Crippen LogP contribution >= 0.6 is 0 Å². The van der Waals surface area contributed by atoms with Crippen LogP contribution in [-0.4, -0.2) is 45.2 Å². The Kier molecular flexibility index (Phi) is 4.97. The SMILES string of the molecule is CC[C@@H]1C(=O)N(C)c2cnc(-c3cn[nH]c3-c3ccc(F)cc3F)nc2N1C(C)C. The highest BCUT2D eigenvalue weighted by Crippen LogP contribution is 2.38. The molecule has 0 radical (unpaired) electrons. The van der Waals surface area contributed by atoms with Crippen LogP contribution in [-0.2, 0) is 4.79 Å². The van der Waals surface area contributed by atoms with Crippen LogP contribution in [0, 0.1) is 11.6 Å². The highest BCUT2D eigenvalue weighted by atomic mass is 19.1. The van der Waals surface area contributed by atoms with E-state index in [1.165, 1.54) is 18.3 Å². The van der Waals surface area contributed by atoms with Crippen molar-refractivity contribution in [2.75, 3.05) is 16.8 Å². The standard InChI is InChI=1S/C21H22F2N6O/c1-5-16-21(30)28(4)17-10-24-19(26-20(17)29(16)11(2)3)14-9-25-27-18(14)13-7-6-12(22)8-15(13)23/h6-11,16H,5H2,1-4H3,(H,25,27)/t16-/m1/s1. The van der Waals surface area contributed by atoms with Gasteiger partial charge in [0.1, 0.15) is 23.4 Å². The number of aromatic nitrogens is 4. The second-order valence-electron chi connectivity index (χ2n) is 7.51. The van der Waals surface area contributed by atoms with E-state index in [1.54, 1.807) is 18.1 Å². The van der Waals surface area contributed by atoms with Crippen LogP contribution in [0.5, 0.6) is 0 Å². The summed E-state index contributed by atoms with van der Waals surface area (Å²) in [6, 6.07) is 3.06. The molecule has 3 aromatic rings. The summed E-state index contributed by atoms with van der Waals surface area (Å²) in [5.74, 6) is -0.403. The van der Waals surface area contributed by atoms with Crippen molar-refractivity contribution in [1.82, 2.24) is 20.2 Å². The number of nitrogens with one attached hydrogen (secondary N) is 1. The van der Waals surface area contributed by atoms with Gasteiger partial charge in [0.25, 0.3) is 0 Å². The third-order valence-corrected chi connectivity index (χ3v) is 5.33. The van der Waals surface area contributed by atoms with Crippen LogP contribution in [0.4, 0.5) is 20.3 Å². The number of anilines is 2. The summed E-state index contributed by atoms with van der Waals surface area (Å²) in [6.07, 6.45) is 3.74. The average Bonchev–Trinajstić information content (AvgIpc) is 3.19. The number of amides is 1. The number of nitrogens with zero attached hydrogens (tertiary/aromatic N) is 5. The van der Waals surface area contributed by atoms with Crippen molar-refractivity contribution in [2.45, 2.75) is 39.3 Å². The lowest BCUT2D eigenvalue weighted by molar-refractivity contribution is -0.120. The number of H-pyrrole nitrogens is 1. The summed E-state index contributed by atoms with van der Waals surface area (Å²) >= 11 is 0. The molecule has 1 atom stereocenters. The first-order chi connectivity index (χ1) is 14.3. The van der Waals surface area contributed by atoms with Gasteiger partial charge >= 0.3 is 0 Å². The normalized spacial score (nSPS) is 16.4. The smallest absolute Gasteiger partial charge is 0.249 e. The van der Waals surface area contributed by atoms with Crippen molar-refractivity contribution in [3.63, 3.8) is 0 Å². The molecule has 1 aliphatic rings. The highest BCUT2D eigenvalue weighted by Gasteiger charge is 2.38. The van der Waals surface area contributed by atoms with Gasteiger partial charge in [0.2, 0.25) is 5.91 Å².